The van der Waals surface area contributed by atoms with E-state index in [1.165, 1.54) is 24.4 Å². The third-order valence-electron chi connectivity index (χ3n) is 5.86. The highest BCUT2D eigenvalue weighted by Gasteiger charge is 2.44. The summed E-state index contributed by atoms with van der Waals surface area (Å²) in [5.41, 5.74) is 5.12. The number of carbonyl (C=O) groups is 1. The highest BCUT2D eigenvalue weighted by molar-refractivity contribution is 6.14. The van der Waals surface area contributed by atoms with Crippen molar-refractivity contribution in [3.8, 4) is 0 Å². The van der Waals surface area contributed by atoms with E-state index < -0.39 is 5.82 Å². The van der Waals surface area contributed by atoms with E-state index in [0.29, 0.717) is 24.6 Å². The van der Waals surface area contributed by atoms with Crippen molar-refractivity contribution in [1.82, 2.24) is 14.9 Å². The lowest BCUT2D eigenvalue weighted by Crippen LogP contribution is -2.65. The van der Waals surface area contributed by atoms with Crippen LogP contribution in [0.15, 0.2) is 29.5 Å². The maximum absolute atomic E-state index is 13.7. The topological polar surface area (TPSA) is 97.6 Å². The second-order valence-corrected chi connectivity index (χ2v) is 7.67. The number of benzene rings is 1. The Morgan fingerprint density at radius 3 is 2.93 bits per heavy atom. The minimum absolute atomic E-state index is 0.168. The predicted octanol–water partition coefficient (Wildman–Crippen LogP) is 2.63. The van der Waals surface area contributed by atoms with E-state index in [9.17, 15) is 9.18 Å². The van der Waals surface area contributed by atoms with Crippen LogP contribution in [0.2, 0.25) is 0 Å². The SMILES string of the molecule is Cc1ncc(N2CC3CCN(C(=O)c4ccc(F)cc4N/N=C\C=N)CC32)nc1C. The molecule has 2 atom stereocenters. The van der Waals surface area contributed by atoms with Crippen LogP contribution in [0.4, 0.5) is 15.9 Å². The van der Waals surface area contributed by atoms with Gasteiger partial charge in [0.2, 0.25) is 0 Å². The van der Waals surface area contributed by atoms with Crippen molar-refractivity contribution >= 4 is 29.8 Å². The number of piperidine rings is 1. The molecule has 2 N–H and O–H groups in total. The van der Waals surface area contributed by atoms with Crippen LogP contribution in [0.1, 0.15) is 28.2 Å². The molecule has 0 spiro atoms. The smallest absolute Gasteiger partial charge is 0.256 e. The van der Waals surface area contributed by atoms with Gasteiger partial charge in [-0.1, -0.05) is 0 Å². The van der Waals surface area contributed by atoms with E-state index in [4.69, 9.17) is 5.41 Å². The number of aromatic nitrogens is 2. The zero-order valence-electron chi connectivity index (χ0n) is 17.0. The number of amides is 1. The number of nitrogens with one attached hydrogen (secondary N) is 2. The fourth-order valence-electron chi connectivity index (χ4n) is 4.02. The van der Waals surface area contributed by atoms with Crippen molar-refractivity contribution in [3.63, 3.8) is 0 Å². The van der Waals surface area contributed by atoms with Crippen LogP contribution in [-0.2, 0) is 0 Å². The Hall–Kier alpha value is -3.36. The fourth-order valence-corrected chi connectivity index (χ4v) is 4.02. The average Bonchev–Trinajstić information content (AvgIpc) is 2.71. The molecular weight excluding hydrogens is 385 g/mol. The molecule has 0 saturated carbocycles. The fraction of sp³-hybridized carbons (Fsp3) is 0.381. The summed E-state index contributed by atoms with van der Waals surface area (Å²) in [6.07, 6.45) is 4.94. The van der Waals surface area contributed by atoms with Gasteiger partial charge in [-0.2, -0.15) is 5.10 Å². The molecule has 2 unspecified atom stereocenters. The van der Waals surface area contributed by atoms with Crippen molar-refractivity contribution in [2.75, 3.05) is 30.0 Å². The number of hydrogen-bond acceptors (Lipinski definition) is 7. The molecular formula is C21H24FN7O. The van der Waals surface area contributed by atoms with Gasteiger partial charge in [0.1, 0.15) is 11.6 Å². The van der Waals surface area contributed by atoms with Gasteiger partial charge in [-0.15, -0.1) is 0 Å². The Morgan fingerprint density at radius 1 is 1.33 bits per heavy atom. The molecule has 3 heterocycles. The van der Waals surface area contributed by atoms with Crippen LogP contribution >= 0.6 is 0 Å². The van der Waals surface area contributed by atoms with Crippen LogP contribution in [-0.4, -0.2) is 58.9 Å². The second kappa shape index (κ2) is 8.17. The summed E-state index contributed by atoms with van der Waals surface area (Å²) < 4.78 is 13.7. The Labute approximate surface area is 174 Å². The molecule has 9 heteroatoms. The molecule has 4 rings (SSSR count). The Kier molecular flexibility index (Phi) is 5.43. The van der Waals surface area contributed by atoms with Crippen LogP contribution in [0.25, 0.3) is 0 Å². The van der Waals surface area contributed by atoms with E-state index in [-0.39, 0.29) is 17.6 Å². The first-order valence-electron chi connectivity index (χ1n) is 9.91. The third-order valence-corrected chi connectivity index (χ3v) is 5.86. The van der Waals surface area contributed by atoms with E-state index in [2.05, 4.69) is 25.4 Å². The first kappa shape index (κ1) is 19.9. The normalized spacial score (nSPS) is 20.6. The summed E-state index contributed by atoms with van der Waals surface area (Å²) >= 11 is 0. The van der Waals surface area contributed by atoms with E-state index >= 15 is 0 Å². The summed E-state index contributed by atoms with van der Waals surface area (Å²) in [4.78, 5) is 26.3. The highest BCUT2D eigenvalue weighted by atomic mass is 19.1. The second-order valence-electron chi connectivity index (χ2n) is 7.67. The maximum Gasteiger partial charge on any atom is 0.256 e. The number of fused-ring (bicyclic) bond motifs is 1. The molecule has 0 aliphatic carbocycles. The van der Waals surface area contributed by atoms with E-state index in [1.54, 1.807) is 11.1 Å². The highest BCUT2D eigenvalue weighted by Crippen LogP contribution is 2.36. The quantitative estimate of drug-likeness (QED) is 0.584. The first-order valence-corrected chi connectivity index (χ1v) is 9.91. The lowest BCUT2D eigenvalue weighted by Gasteiger charge is -2.54. The van der Waals surface area contributed by atoms with E-state index in [0.717, 1.165) is 36.4 Å². The minimum Gasteiger partial charge on any atom is -0.350 e. The number of hydrogen-bond donors (Lipinski definition) is 2. The Bertz CT molecular complexity index is 1010. The largest absolute Gasteiger partial charge is 0.350 e. The number of nitrogens with zero attached hydrogens (tertiary/aromatic N) is 5. The monoisotopic (exact) mass is 409 g/mol. The lowest BCUT2D eigenvalue weighted by molar-refractivity contribution is 0.0592. The molecule has 2 aliphatic rings. The molecule has 8 nitrogen and oxygen atoms in total. The van der Waals surface area contributed by atoms with Gasteiger partial charge in [-0.25, -0.2) is 9.37 Å². The van der Waals surface area contributed by atoms with Crippen LogP contribution in [0.3, 0.4) is 0 Å². The van der Waals surface area contributed by atoms with Crippen molar-refractivity contribution in [3.05, 3.63) is 47.2 Å². The van der Waals surface area contributed by atoms with Gasteiger partial charge in [0, 0.05) is 31.8 Å². The molecule has 0 radical (unpaired) electrons. The van der Waals surface area contributed by atoms with Crippen molar-refractivity contribution in [1.29, 1.82) is 5.41 Å². The number of halogens is 1. The minimum atomic E-state index is -0.462. The first-order chi connectivity index (χ1) is 14.5. The van der Waals surface area contributed by atoms with Gasteiger partial charge in [0.25, 0.3) is 5.91 Å². The maximum atomic E-state index is 13.7. The summed E-state index contributed by atoms with van der Waals surface area (Å²) in [6, 6.07) is 4.18. The van der Waals surface area contributed by atoms with Crippen molar-refractivity contribution < 1.29 is 9.18 Å². The molecule has 2 aromatic rings. The predicted molar refractivity (Wildman–Crippen MR) is 114 cm³/mol. The summed E-state index contributed by atoms with van der Waals surface area (Å²) in [6.45, 7) is 6.05. The van der Waals surface area contributed by atoms with Crippen LogP contribution < -0.4 is 10.3 Å². The molecule has 1 aromatic carbocycles. The molecule has 2 fully saturated rings. The molecule has 1 amide bonds. The molecule has 30 heavy (non-hydrogen) atoms. The number of rotatable bonds is 5. The van der Waals surface area contributed by atoms with Gasteiger partial charge >= 0.3 is 0 Å². The number of anilines is 2. The Balaban J connectivity index is 1.51. The van der Waals surface area contributed by atoms with Crippen molar-refractivity contribution in [2.45, 2.75) is 26.3 Å². The molecule has 2 saturated heterocycles. The van der Waals surface area contributed by atoms with Gasteiger partial charge < -0.3 is 15.2 Å². The summed E-state index contributed by atoms with van der Waals surface area (Å²) in [7, 11) is 0. The molecule has 0 bridgehead atoms. The zero-order valence-corrected chi connectivity index (χ0v) is 17.0. The van der Waals surface area contributed by atoms with Gasteiger partial charge in [0.05, 0.1) is 41.1 Å². The van der Waals surface area contributed by atoms with Gasteiger partial charge in [0.15, 0.2) is 0 Å². The Morgan fingerprint density at radius 2 is 2.17 bits per heavy atom. The zero-order chi connectivity index (χ0) is 21.3. The summed E-state index contributed by atoms with van der Waals surface area (Å²) in [5.74, 6) is 0.745. The average molecular weight is 409 g/mol. The standard InChI is InChI=1S/C21H24FN7O/c1-13-14(2)26-20(10-24-13)29-11-15-5-8-28(12-19(15)29)21(30)17-4-3-16(22)9-18(17)27-25-7-6-23/h3-4,6-7,9-10,15,19,23,27H,5,8,11-12H2,1-2H3/b23-6?,25-7-. The van der Waals surface area contributed by atoms with Crippen molar-refractivity contribution in [2.24, 2.45) is 11.0 Å². The van der Waals surface area contributed by atoms with Crippen LogP contribution in [0.5, 0.6) is 0 Å². The summed E-state index contributed by atoms with van der Waals surface area (Å²) in [5, 5.41) is 10.8. The number of likely N-dealkylation sites (tertiary alicyclic amines) is 1. The molecule has 1 aromatic heterocycles. The lowest BCUT2D eigenvalue weighted by atomic mass is 9.82. The molecule has 156 valence electrons. The van der Waals surface area contributed by atoms with Gasteiger partial charge in [-0.05, 0) is 38.5 Å². The number of aryl methyl sites for hydroxylation is 2. The number of hydrazone groups is 1. The number of carbonyl (C=O) groups excluding carboxylic acids is 1. The molecule has 2 aliphatic heterocycles. The van der Waals surface area contributed by atoms with Crippen LogP contribution in [0, 0.1) is 31.0 Å². The third kappa shape index (κ3) is 3.74. The van der Waals surface area contributed by atoms with E-state index in [1.807, 2.05) is 13.8 Å². The van der Waals surface area contributed by atoms with Gasteiger partial charge in [-0.3, -0.25) is 15.2 Å².